The molecule has 0 saturated carbocycles. The van der Waals surface area contributed by atoms with Crippen molar-refractivity contribution >= 4 is 7.82 Å². The molecule has 47 heavy (non-hydrogen) atoms. The molecule has 4 N–H and O–H groups in total. The number of aliphatic hydroxyl groups excluding tert-OH is 1. The number of rotatable bonds is 37. The highest BCUT2D eigenvalue weighted by molar-refractivity contribution is 7.47. The van der Waals surface area contributed by atoms with Crippen LogP contribution in [-0.4, -0.2) is 48.6 Å². The Balaban J connectivity index is 4.26. The molecule has 0 aromatic carbocycles. The van der Waals surface area contributed by atoms with Crippen LogP contribution in [0.4, 0.5) is 0 Å². The lowest BCUT2D eigenvalue weighted by molar-refractivity contribution is -0.0476. The number of allylic oxidation sites excluding steroid dienone is 5. The highest BCUT2D eigenvalue weighted by Gasteiger charge is 2.30. The van der Waals surface area contributed by atoms with Gasteiger partial charge in [-0.3, -0.25) is 9.05 Å². The number of phosphoric ester groups is 1. The number of aliphatic hydroxyl groups is 1. The molecule has 8 heteroatoms. The molecule has 278 valence electrons. The van der Waals surface area contributed by atoms with Crippen molar-refractivity contribution in [2.45, 2.75) is 187 Å². The summed E-state index contributed by atoms with van der Waals surface area (Å²) >= 11 is 0. The van der Waals surface area contributed by atoms with Crippen molar-refractivity contribution in [1.82, 2.24) is 0 Å². The number of phosphoric acid groups is 1. The maximum atomic E-state index is 12.5. The van der Waals surface area contributed by atoms with Gasteiger partial charge >= 0.3 is 7.82 Å². The van der Waals surface area contributed by atoms with E-state index in [0.717, 1.165) is 51.4 Å². The molecule has 0 rings (SSSR count). The number of ether oxygens (including phenoxy) is 1. The topological polar surface area (TPSA) is 111 Å². The van der Waals surface area contributed by atoms with Gasteiger partial charge in [-0.1, -0.05) is 159 Å². The molecule has 0 heterocycles. The van der Waals surface area contributed by atoms with Crippen LogP contribution in [0.2, 0.25) is 0 Å². The fourth-order valence-electron chi connectivity index (χ4n) is 5.49. The zero-order valence-electron chi connectivity index (χ0n) is 30.7. The van der Waals surface area contributed by atoms with E-state index in [1.807, 2.05) is 6.08 Å². The van der Waals surface area contributed by atoms with Gasteiger partial charge in [0.05, 0.1) is 13.2 Å². The second-order valence-corrected chi connectivity index (χ2v) is 14.3. The first-order chi connectivity index (χ1) is 23.0. The van der Waals surface area contributed by atoms with Crippen LogP contribution in [-0.2, 0) is 18.3 Å². The minimum absolute atomic E-state index is 0.0828. The van der Waals surface area contributed by atoms with Crippen LogP contribution in [0.3, 0.4) is 0 Å². The van der Waals surface area contributed by atoms with Crippen molar-refractivity contribution in [3.8, 4) is 0 Å². The fourth-order valence-corrected chi connectivity index (χ4v) is 6.40. The van der Waals surface area contributed by atoms with Crippen molar-refractivity contribution in [3.05, 3.63) is 36.5 Å². The highest BCUT2D eigenvalue weighted by Crippen LogP contribution is 2.45. The van der Waals surface area contributed by atoms with Crippen molar-refractivity contribution < 1.29 is 28.3 Å². The molecule has 0 fully saturated rings. The van der Waals surface area contributed by atoms with E-state index < -0.39 is 20.0 Å². The maximum Gasteiger partial charge on any atom is 0.472 e. The Morgan fingerprint density at radius 3 is 1.57 bits per heavy atom. The average Bonchev–Trinajstić information content (AvgIpc) is 3.06. The smallest absolute Gasteiger partial charge is 0.394 e. The van der Waals surface area contributed by atoms with Crippen molar-refractivity contribution in [1.29, 1.82) is 0 Å². The van der Waals surface area contributed by atoms with Gasteiger partial charge in [0.2, 0.25) is 0 Å². The van der Waals surface area contributed by atoms with Crippen LogP contribution < -0.4 is 5.73 Å². The first kappa shape index (κ1) is 46.2. The number of nitrogens with two attached hydrogens (primary N) is 1. The molecule has 0 spiro atoms. The second-order valence-electron chi connectivity index (χ2n) is 12.9. The third-order valence-electron chi connectivity index (χ3n) is 8.40. The van der Waals surface area contributed by atoms with Crippen LogP contribution in [0.25, 0.3) is 0 Å². The predicted octanol–water partition coefficient (Wildman–Crippen LogP) is 11.3. The van der Waals surface area contributed by atoms with Gasteiger partial charge in [0, 0.05) is 13.2 Å². The van der Waals surface area contributed by atoms with Crippen molar-refractivity contribution in [2.24, 2.45) is 5.73 Å². The summed E-state index contributed by atoms with van der Waals surface area (Å²) in [5, 5.41) is 10.0. The Bertz CT molecular complexity index is 775. The summed E-state index contributed by atoms with van der Waals surface area (Å²) in [4.78, 5) is 10.2. The van der Waals surface area contributed by atoms with Crippen LogP contribution in [0.5, 0.6) is 0 Å². The molecule has 1 unspecified atom stereocenters. The van der Waals surface area contributed by atoms with Crippen LogP contribution in [0.1, 0.15) is 174 Å². The lowest BCUT2D eigenvalue weighted by Gasteiger charge is -2.25. The Morgan fingerprint density at radius 2 is 1.06 bits per heavy atom. The molecule has 0 bridgehead atoms. The summed E-state index contributed by atoms with van der Waals surface area (Å²) in [7, 11) is -4.33. The Hall–Kier alpha value is -0.790. The average molecular weight is 686 g/mol. The molecule has 0 aliphatic carbocycles. The summed E-state index contributed by atoms with van der Waals surface area (Å²) < 4.78 is 28.8. The minimum atomic E-state index is -4.33. The minimum Gasteiger partial charge on any atom is -0.394 e. The van der Waals surface area contributed by atoms with Gasteiger partial charge in [-0.2, -0.15) is 0 Å². The van der Waals surface area contributed by atoms with E-state index in [9.17, 15) is 14.6 Å². The van der Waals surface area contributed by atoms with Gasteiger partial charge in [0.15, 0.2) is 0 Å². The standard InChI is InChI=1S/C39H76NO6P/c1-3-5-7-9-11-13-15-17-19-20-22-24-26-28-30-32-35-44-39(37-41)38(46-47(42,43)45-36-34-40)33-31-29-27-25-23-21-18-16-14-12-10-8-6-4-2/h11,13,17,19,31,33,38-39,41H,3-10,12,14-16,18,20-30,32,34-37,40H2,1-2H3,(H,42,43)/b13-11-,19-17-,33-31-/t38-,39+/m1/s1. The molecule has 0 aromatic rings. The summed E-state index contributed by atoms with van der Waals surface area (Å²) in [6.07, 6.45) is 41.7. The first-order valence-electron chi connectivity index (χ1n) is 19.6. The molecular formula is C39H76NO6P. The maximum absolute atomic E-state index is 12.5. The fraction of sp³-hybridized carbons (Fsp3) is 0.846. The summed E-state index contributed by atoms with van der Waals surface area (Å²) in [5.74, 6) is 0. The van der Waals surface area contributed by atoms with E-state index in [2.05, 4.69) is 38.2 Å². The molecule has 7 nitrogen and oxygen atoms in total. The van der Waals surface area contributed by atoms with Crippen molar-refractivity contribution in [3.63, 3.8) is 0 Å². The molecule has 0 aliphatic rings. The zero-order chi connectivity index (χ0) is 34.5. The van der Waals surface area contributed by atoms with E-state index in [1.54, 1.807) is 6.08 Å². The van der Waals surface area contributed by atoms with Crippen LogP contribution in [0.15, 0.2) is 36.5 Å². The SMILES string of the molecule is CCCCC/C=C\C/C=C\CCCCCCCCO[C@@H](CO)[C@@H](/C=C\CCCCCCCCCCCCCC)OP(=O)(O)OCCN. The Kier molecular flexibility index (Phi) is 35.9. The Morgan fingerprint density at radius 1 is 0.617 bits per heavy atom. The molecule has 0 saturated heterocycles. The summed E-state index contributed by atoms with van der Waals surface area (Å²) in [6, 6.07) is 0. The third-order valence-corrected chi connectivity index (χ3v) is 9.42. The van der Waals surface area contributed by atoms with E-state index >= 15 is 0 Å². The van der Waals surface area contributed by atoms with Crippen molar-refractivity contribution in [2.75, 3.05) is 26.4 Å². The highest BCUT2D eigenvalue weighted by atomic mass is 31.2. The molecule has 0 aromatic heterocycles. The normalized spacial score (nSPS) is 14.9. The van der Waals surface area contributed by atoms with Gasteiger partial charge in [-0.25, -0.2) is 4.57 Å². The van der Waals surface area contributed by atoms with Gasteiger partial charge in [-0.05, 0) is 51.4 Å². The summed E-state index contributed by atoms with van der Waals surface area (Å²) in [5.41, 5.74) is 5.43. The third kappa shape index (κ3) is 33.5. The van der Waals surface area contributed by atoms with E-state index in [0.29, 0.717) is 6.61 Å². The predicted molar refractivity (Wildman–Crippen MR) is 201 cm³/mol. The number of hydrogen-bond acceptors (Lipinski definition) is 6. The van der Waals surface area contributed by atoms with E-state index in [4.69, 9.17) is 19.5 Å². The lowest BCUT2D eigenvalue weighted by Crippen LogP contribution is -2.33. The molecule has 0 radical (unpaired) electrons. The Labute approximate surface area is 290 Å². The van der Waals surface area contributed by atoms with E-state index in [1.165, 1.54) is 109 Å². The van der Waals surface area contributed by atoms with E-state index in [-0.39, 0.29) is 19.8 Å². The molecule has 0 amide bonds. The number of hydrogen-bond donors (Lipinski definition) is 3. The largest absolute Gasteiger partial charge is 0.472 e. The van der Waals surface area contributed by atoms with Gasteiger partial charge < -0.3 is 20.5 Å². The molecule has 3 atom stereocenters. The molecule has 0 aliphatic heterocycles. The van der Waals surface area contributed by atoms with Crippen LogP contribution in [0, 0.1) is 0 Å². The van der Waals surface area contributed by atoms with Gasteiger partial charge in [0.1, 0.15) is 12.2 Å². The second kappa shape index (κ2) is 36.5. The first-order valence-corrected chi connectivity index (χ1v) is 21.0. The van der Waals surface area contributed by atoms with Gasteiger partial charge in [0.25, 0.3) is 0 Å². The lowest BCUT2D eigenvalue weighted by atomic mass is 10.0. The monoisotopic (exact) mass is 686 g/mol. The zero-order valence-corrected chi connectivity index (χ0v) is 31.6. The quantitative estimate of drug-likeness (QED) is 0.0339. The number of unbranched alkanes of at least 4 members (excludes halogenated alkanes) is 21. The van der Waals surface area contributed by atoms with Gasteiger partial charge in [-0.15, -0.1) is 0 Å². The molecular weight excluding hydrogens is 609 g/mol. The van der Waals surface area contributed by atoms with Crippen LogP contribution >= 0.6 is 7.82 Å². The summed E-state index contributed by atoms with van der Waals surface area (Å²) in [6.45, 7) is 4.68.